The largest absolute Gasteiger partial charge is 0.441 e. The molecule has 0 aliphatic rings. The van der Waals surface area contributed by atoms with E-state index in [2.05, 4.69) is 21.7 Å². The van der Waals surface area contributed by atoms with E-state index in [0.29, 0.717) is 18.1 Å². The Hall–Kier alpha value is -2.93. The molecule has 0 bridgehead atoms. The first-order valence-electron chi connectivity index (χ1n) is 8.73. The van der Waals surface area contributed by atoms with Crippen LogP contribution in [0.3, 0.4) is 0 Å². The molecule has 0 N–H and O–H groups in total. The van der Waals surface area contributed by atoms with E-state index in [0.717, 1.165) is 17.0 Å². The fraction of sp³-hybridized carbons (Fsp3) is 0.350. The summed E-state index contributed by atoms with van der Waals surface area (Å²) in [4.78, 5) is 12.6. The first-order chi connectivity index (χ1) is 13.0. The number of ether oxygens (including phenoxy) is 2. The van der Waals surface area contributed by atoms with Crippen LogP contribution in [0.25, 0.3) is 11.5 Å². The second-order valence-corrected chi connectivity index (χ2v) is 6.41. The number of aromatic nitrogens is 3. The molecule has 1 atom stereocenters. The highest BCUT2D eigenvalue weighted by atomic mass is 16.6. The van der Waals surface area contributed by atoms with E-state index in [1.54, 1.807) is 7.11 Å². The van der Waals surface area contributed by atoms with E-state index >= 15 is 0 Å². The number of hydrogen-bond donors (Lipinski definition) is 0. The third kappa shape index (κ3) is 4.09. The van der Waals surface area contributed by atoms with Gasteiger partial charge in [0.25, 0.3) is 5.89 Å². The molecule has 7 heteroatoms. The molecule has 2 aromatic heterocycles. The number of hydrogen-bond acceptors (Lipinski definition) is 6. The van der Waals surface area contributed by atoms with Crippen molar-refractivity contribution in [2.24, 2.45) is 0 Å². The number of rotatable bonds is 8. The molecule has 0 spiro atoms. The van der Waals surface area contributed by atoms with Crippen molar-refractivity contribution >= 4 is 5.78 Å². The zero-order valence-corrected chi connectivity index (χ0v) is 15.9. The Morgan fingerprint density at radius 1 is 1.22 bits per heavy atom. The zero-order valence-electron chi connectivity index (χ0n) is 15.9. The summed E-state index contributed by atoms with van der Waals surface area (Å²) in [6.45, 7) is 6.36. The summed E-state index contributed by atoms with van der Waals surface area (Å²) in [6.07, 6.45) is -0.0243. The Bertz CT molecular complexity index is 915. The molecule has 0 saturated heterocycles. The molecule has 27 heavy (non-hydrogen) atoms. The van der Waals surface area contributed by atoms with Crippen molar-refractivity contribution in [1.82, 2.24) is 14.8 Å². The standard InChI is InChI=1S/C20H23N3O4/c1-13-10-17(15(3)23(13)14(2)11-25-4)18(24)12-26-20-22-21-19(27-20)16-8-6-5-7-9-16/h5-10,14H,11-12H2,1-4H3. The van der Waals surface area contributed by atoms with Gasteiger partial charge in [0.15, 0.2) is 6.61 Å². The average Bonchev–Trinajstić information content (AvgIpc) is 3.25. The Kier molecular flexibility index (Phi) is 5.71. The Labute approximate surface area is 157 Å². The number of ketones is 1. The van der Waals surface area contributed by atoms with Crippen LogP contribution < -0.4 is 4.74 Å². The van der Waals surface area contributed by atoms with Crippen LogP contribution in [0.5, 0.6) is 6.08 Å². The Morgan fingerprint density at radius 2 is 1.96 bits per heavy atom. The average molecular weight is 369 g/mol. The minimum atomic E-state index is -0.167. The van der Waals surface area contributed by atoms with Gasteiger partial charge in [-0.2, -0.15) is 0 Å². The van der Waals surface area contributed by atoms with Crippen LogP contribution in [0, 0.1) is 13.8 Å². The highest BCUT2D eigenvalue weighted by Gasteiger charge is 2.20. The number of methoxy groups -OCH3 is 1. The molecular weight excluding hydrogens is 346 g/mol. The molecule has 1 aromatic carbocycles. The summed E-state index contributed by atoms with van der Waals surface area (Å²) in [5.41, 5.74) is 3.31. The third-order valence-electron chi connectivity index (χ3n) is 4.39. The second kappa shape index (κ2) is 8.18. The molecular formula is C20H23N3O4. The fourth-order valence-corrected chi connectivity index (χ4v) is 3.22. The molecule has 3 aromatic rings. The summed E-state index contributed by atoms with van der Waals surface area (Å²) < 4.78 is 18.2. The second-order valence-electron chi connectivity index (χ2n) is 6.41. The number of carbonyl (C=O) groups is 1. The molecule has 0 saturated carbocycles. The van der Waals surface area contributed by atoms with Crippen LogP contribution in [0.15, 0.2) is 40.8 Å². The molecule has 0 amide bonds. The maximum Gasteiger partial charge on any atom is 0.415 e. The number of carbonyl (C=O) groups excluding carboxylic acids is 1. The summed E-state index contributed by atoms with van der Waals surface area (Å²) in [5.74, 6) is 0.211. The van der Waals surface area contributed by atoms with Gasteiger partial charge in [0.05, 0.1) is 12.6 Å². The van der Waals surface area contributed by atoms with Gasteiger partial charge in [-0.1, -0.05) is 23.3 Å². The normalized spacial score (nSPS) is 12.1. The summed E-state index contributed by atoms with van der Waals surface area (Å²) in [7, 11) is 1.67. The molecule has 142 valence electrons. The molecule has 0 fully saturated rings. The van der Waals surface area contributed by atoms with Gasteiger partial charge >= 0.3 is 6.08 Å². The van der Waals surface area contributed by atoms with E-state index in [4.69, 9.17) is 13.9 Å². The molecule has 2 heterocycles. The van der Waals surface area contributed by atoms with Crippen LogP contribution in [0.4, 0.5) is 0 Å². The van der Waals surface area contributed by atoms with Crippen LogP contribution in [0.2, 0.25) is 0 Å². The van der Waals surface area contributed by atoms with Gasteiger partial charge in [0.2, 0.25) is 5.78 Å². The summed E-state index contributed by atoms with van der Waals surface area (Å²) in [5, 5.41) is 7.79. The minimum Gasteiger partial charge on any atom is -0.441 e. The van der Waals surface area contributed by atoms with Gasteiger partial charge in [-0.15, -0.1) is 5.10 Å². The molecule has 7 nitrogen and oxygen atoms in total. The molecule has 1 unspecified atom stereocenters. The van der Waals surface area contributed by atoms with Gasteiger partial charge in [0.1, 0.15) is 0 Å². The maximum absolute atomic E-state index is 12.6. The quantitative estimate of drug-likeness (QED) is 0.564. The SMILES string of the molecule is COCC(C)n1c(C)cc(C(=O)COc2nnc(-c3ccccc3)o2)c1C. The van der Waals surface area contributed by atoms with Gasteiger partial charge in [-0.3, -0.25) is 4.79 Å². The molecule has 0 aliphatic heterocycles. The highest BCUT2D eigenvalue weighted by molar-refractivity contribution is 5.98. The number of benzene rings is 1. The topological polar surface area (TPSA) is 79.4 Å². The Morgan fingerprint density at radius 3 is 2.67 bits per heavy atom. The zero-order chi connectivity index (χ0) is 19.4. The predicted octanol–water partition coefficient (Wildman–Crippen LogP) is 3.62. The van der Waals surface area contributed by atoms with E-state index < -0.39 is 0 Å². The lowest BCUT2D eigenvalue weighted by Gasteiger charge is -2.17. The van der Waals surface area contributed by atoms with Crippen molar-refractivity contribution in [3.63, 3.8) is 0 Å². The lowest BCUT2D eigenvalue weighted by molar-refractivity contribution is 0.0893. The summed E-state index contributed by atoms with van der Waals surface area (Å²) in [6, 6.07) is 11.4. The van der Waals surface area contributed by atoms with Crippen molar-refractivity contribution in [3.05, 3.63) is 53.3 Å². The first-order valence-corrected chi connectivity index (χ1v) is 8.73. The lowest BCUT2D eigenvalue weighted by Crippen LogP contribution is -2.16. The third-order valence-corrected chi connectivity index (χ3v) is 4.39. The lowest BCUT2D eigenvalue weighted by atomic mass is 10.1. The van der Waals surface area contributed by atoms with Crippen molar-refractivity contribution in [2.75, 3.05) is 20.3 Å². The van der Waals surface area contributed by atoms with Crippen LogP contribution in [-0.4, -0.2) is 40.9 Å². The van der Waals surface area contributed by atoms with Crippen LogP contribution >= 0.6 is 0 Å². The van der Waals surface area contributed by atoms with E-state index in [1.165, 1.54) is 0 Å². The molecule has 0 radical (unpaired) electrons. The maximum atomic E-state index is 12.6. The van der Waals surface area contributed by atoms with E-state index in [9.17, 15) is 4.79 Å². The first kappa shape index (κ1) is 18.8. The van der Waals surface area contributed by atoms with Crippen molar-refractivity contribution in [2.45, 2.75) is 26.8 Å². The summed E-state index contributed by atoms with van der Waals surface area (Å²) >= 11 is 0. The van der Waals surface area contributed by atoms with Crippen LogP contribution in [0.1, 0.15) is 34.7 Å². The van der Waals surface area contributed by atoms with E-state index in [-0.39, 0.29) is 24.5 Å². The smallest absolute Gasteiger partial charge is 0.415 e. The van der Waals surface area contributed by atoms with E-state index in [1.807, 2.05) is 50.2 Å². The number of Topliss-reactive ketones (excluding diaryl/α,β-unsaturated/α-hetero) is 1. The van der Waals surface area contributed by atoms with Gasteiger partial charge in [-0.05, 0) is 39.0 Å². The van der Waals surface area contributed by atoms with Crippen molar-refractivity contribution in [3.8, 4) is 17.5 Å². The molecule has 0 aliphatic carbocycles. The molecule has 3 rings (SSSR count). The predicted molar refractivity (Wildman–Crippen MR) is 100 cm³/mol. The van der Waals surface area contributed by atoms with Crippen LogP contribution in [-0.2, 0) is 4.74 Å². The van der Waals surface area contributed by atoms with Gasteiger partial charge in [-0.25, -0.2) is 0 Å². The Balaban J connectivity index is 1.68. The monoisotopic (exact) mass is 369 g/mol. The number of aryl methyl sites for hydroxylation is 1. The number of nitrogens with zero attached hydrogens (tertiary/aromatic N) is 3. The fourth-order valence-electron chi connectivity index (χ4n) is 3.22. The minimum absolute atomic E-state index is 0.0243. The van der Waals surface area contributed by atoms with Crippen molar-refractivity contribution in [1.29, 1.82) is 0 Å². The van der Waals surface area contributed by atoms with Gasteiger partial charge < -0.3 is 18.5 Å². The van der Waals surface area contributed by atoms with Crippen molar-refractivity contribution < 1.29 is 18.7 Å². The highest BCUT2D eigenvalue weighted by Crippen LogP contribution is 2.23. The van der Waals surface area contributed by atoms with Gasteiger partial charge in [0, 0.05) is 29.6 Å².